The van der Waals surface area contributed by atoms with Gasteiger partial charge in [0.2, 0.25) is 0 Å². The van der Waals surface area contributed by atoms with Crippen LogP contribution in [0.3, 0.4) is 0 Å². The minimum Gasteiger partial charge on any atom is -0.319 e. The van der Waals surface area contributed by atoms with Gasteiger partial charge in [0.25, 0.3) is 0 Å². The van der Waals surface area contributed by atoms with Crippen LogP contribution >= 0.6 is 11.3 Å². The second kappa shape index (κ2) is 5.64. The van der Waals surface area contributed by atoms with Gasteiger partial charge in [-0.25, -0.2) is 4.98 Å². The number of rotatable bonds is 3. The normalized spacial score (nSPS) is 19.1. The van der Waals surface area contributed by atoms with E-state index >= 15 is 0 Å². The van der Waals surface area contributed by atoms with E-state index in [1.54, 1.807) is 11.3 Å². The molecule has 0 unspecified atom stereocenters. The van der Waals surface area contributed by atoms with Crippen molar-refractivity contribution in [1.29, 1.82) is 0 Å². The van der Waals surface area contributed by atoms with Gasteiger partial charge >= 0.3 is 0 Å². The highest BCUT2D eigenvalue weighted by Crippen LogP contribution is 2.33. The van der Waals surface area contributed by atoms with Gasteiger partial charge in [0.15, 0.2) is 0 Å². The van der Waals surface area contributed by atoms with Crippen LogP contribution in [0.2, 0.25) is 0 Å². The number of likely N-dealkylation sites (tertiary alicyclic amines) is 1. The topological polar surface area (TPSA) is 42.1 Å². The number of nitrogens with zero attached hydrogens (tertiary/aromatic N) is 2. The van der Waals surface area contributed by atoms with Crippen molar-refractivity contribution in [3.05, 3.63) is 52.0 Å². The highest BCUT2D eigenvalue weighted by molar-refractivity contribution is 7.11. The summed E-state index contributed by atoms with van der Waals surface area (Å²) in [6, 6.07) is 10.6. The molecule has 0 radical (unpaired) electrons. The number of benzene rings is 1. The Bertz CT molecular complexity index is 556. The van der Waals surface area contributed by atoms with Crippen LogP contribution in [-0.2, 0) is 12.1 Å². The van der Waals surface area contributed by atoms with Crippen LogP contribution in [0, 0.1) is 6.92 Å². The van der Waals surface area contributed by atoms with Crippen molar-refractivity contribution in [1.82, 2.24) is 9.88 Å². The van der Waals surface area contributed by atoms with Crippen molar-refractivity contribution in [3.63, 3.8) is 0 Å². The standard InChI is InChI=1S/C16H21N3S/c1-13-11-18-15(20-13)16(17)7-9-19(10-8-16)12-14-5-3-2-4-6-14/h2-6,11H,7-10,12,17H2,1H3. The number of thiazole rings is 1. The molecule has 0 bridgehead atoms. The molecular formula is C16H21N3S. The predicted molar refractivity (Wildman–Crippen MR) is 83.7 cm³/mol. The molecule has 0 spiro atoms. The van der Waals surface area contributed by atoms with Crippen LogP contribution in [0.25, 0.3) is 0 Å². The largest absolute Gasteiger partial charge is 0.319 e. The molecule has 1 saturated heterocycles. The fourth-order valence-corrected chi connectivity index (χ4v) is 3.67. The molecule has 2 heterocycles. The third-order valence-corrected chi connectivity index (χ3v) is 5.18. The molecule has 1 aromatic heterocycles. The molecule has 1 aliphatic heterocycles. The van der Waals surface area contributed by atoms with E-state index in [2.05, 4.69) is 47.1 Å². The number of hydrogen-bond acceptors (Lipinski definition) is 4. The molecule has 1 aliphatic rings. The summed E-state index contributed by atoms with van der Waals surface area (Å²) in [5, 5.41) is 1.11. The third kappa shape index (κ3) is 2.92. The zero-order valence-corrected chi connectivity index (χ0v) is 12.7. The first kappa shape index (κ1) is 13.7. The van der Waals surface area contributed by atoms with Crippen LogP contribution in [-0.4, -0.2) is 23.0 Å². The fourth-order valence-electron chi connectivity index (χ4n) is 2.75. The summed E-state index contributed by atoms with van der Waals surface area (Å²) in [5.41, 5.74) is 7.73. The Balaban J connectivity index is 1.62. The molecule has 0 amide bonds. The van der Waals surface area contributed by atoms with Gasteiger partial charge in [-0.05, 0) is 25.3 Å². The minimum atomic E-state index is -0.216. The first-order valence-corrected chi connectivity index (χ1v) is 7.95. The summed E-state index contributed by atoms with van der Waals surface area (Å²) < 4.78 is 0. The monoisotopic (exact) mass is 287 g/mol. The lowest BCUT2D eigenvalue weighted by molar-refractivity contribution is 0.155. The molecule has 1 fully saturated rings. The molecule has 20 heavy (non-hydrogen) atoms. The van der Waals surface area contributed by atoms with E-state index in [4.69, 9.17) is 5.73 Å². The molecule has 106 valence electrons. The van der Waals surface area contributed by atoms with E-state index in [1.165, 1.54) is 10.4 Å². The van der Waals surface area contributed by atoms with Gasteiger partial charge in [-0.15, -0.1) is 11.3 Å². The molecule has 3 nitrogen and oxygen atoms in total. The third-order valence-electron chi connectivity index (χ3n) is 4.04. The SMILES string of the molecule is Cc1cnc(C2(N)CCN(Cc3ccccc3)CC2)s1. The molecule has 1 aromatic carbocycles. The lowest BCUT2D eigenvalue weighted by Gasteiger charge is -2.38. The maximum Gasteiger partial charge on any atom is 0.113 e. The highest BCUT2D eigenvalue weighted by Gasteiger charge is 2.34. The minimum absolute atomic E-state index is 0.216. The Labute approximate surface area is 124 Å². The van der Waals surface area contributed by atoms with Crippen LogP contribution < -0.4 is 5.73 Å². The fraction of sp³-hybridized carbons (Fsp3) is 0.438. The molecule has 2 aromatic rings. The van der Waals surface area contributed by atoms with Gasteiger partial charge in [-0.2, -0.15) is 0 Å². The number of aromatic nitrogens is 1. The molecule has 2 N–H and O–H groups in total. The Morgan fingerprint density at radius 2 is 1.95 bits per heavy atom. The van der Waals surface area contributed by atoms with Crippen LogP contribution in [0.4, 0.5) is 0 Å². The van der Waals surface area contributed by atoms with Gasteiger partial charge in [0.1, 0.15) is 5.01 Å². The molecule has 3 rings (SSSR count). The summed E-state index contributed by atoms with van der Waals surface area (Å²) in [4.78, 5) is 8.23. The summed E-state index contributed by atoms with van der Waals surface area (Å²) in [5.74, 6) is 0. The summed E-state index contributed by atoms with van der Waals surface area (Å²) in [6.45, 7) is 5.21. The van der Waals surface area contributed by atoms with Crippen molar-refractivity contribution in [3.8, 4) is 0 Å². The average molecular weight is 287 g/mol. The van der Waals surface area contributed by atoms with Crippen molar-refractivity contribution in [2.45, 2.75) is 31.8 Å². The van der Waals surface area contributed by atoms with Gasteiger partial charge < -0.3 is 5.73 Å². The first-order valence-electron chi connectivity index (χ1n) is 7.14. The summed E-state index contributed by atoms with van der Waals surface area (Å²) in [6.07, 6.45) is 3.92. The van der Waals surface area contributed by atoms with Crippen molar-refractivity contribution in [2.24, 2.45) is 5.73 Å². The zero-order valence-electron chi connectivity index (χ0n) is 11.9. The zero-order chi connectivity index (χ0) is 14.0. The quantitative estimate of drug-likeness (QED) is 0.944. The molecular weight excluding hydrogens is 266 g/mol. The lowest BCUT2D eigenvalue weighted by Crippen LogP contribution is -2.47. The number of piperidine rings is 1. The van der Waals surface area contributed by atoms with E-state index in [1.807, 2.05) is 6.20 Å². The molecule has 0 atom stereocenters. The molecule has 4 heteroatoms. The number of hydrogen-bond donors (Lipinski definition) is 1. The van der Waals surface area contributed by atoms with Crippen molar-refractivity contribution >= 4 is 11.3 Å². The van der Waals surface area contributed by atoms with E-state index < -0.39 is 0 Å². The smallest absolute Gasteiger partial charge is 0.113 e. The molecule has 0 aliphatic carbocycles. The van der Waals surface area contributed by atoms with Gasteiger partial charge in [-0.1, -0.05) is 30.3 Å². The Hall–Kier alpha value is -1.23. The van der Waals surface area contributed by atoms with Gasteiger partial charge in [0.05, 0.1) is 5.54 Å². The second-order valence-electron chi connectivity index (χ2n) is 5.69. The Kier molecular flexibility index (Phi) is 3.87. The summed E-state index contributed by atoms with van der Waals surface area (Å²) >= 11 is 1.74. The highest BCUT2D eigenvalue weighted by atomic mass is 32.1. The maximum atomic E-state index is 6.57. The Morgan fingerprint density at radius 1 is 1.25 bits per heavy atom. The molecule has 0 saturated carbocycles. The van der Waals surface area contributed by atoms with Gasteiger partial charge in [0, 0.05) is 30.7 Å². The van der Waals surface area contributed by atoms with Gasteiger partial charge in [-0.3, -0.25) is 4.90 Å². The number of nitrogens with two attached hydrogens (primary N) is 1. The van der Waals surface area contributed by atoms with E-state index in [0.717, 1.165) is 37.5 Å². The first-order chi connectivity index (χ1) is 9.66. The van der Waals surface area contributed by atoms with Crippen molar-refractivity contribution < 1.29 is 0 Å². The summed E-state index contributed by atoms with van der Waals surface area (Å²) in [7, 11) is 0. The number of aryl methyl sites for hydroxylation is 1. The van der Waals surface area contributed by atoms with E-state index in [9.17, 15) is 0 Å². The van der Waals surface area contributed by atoms with Crippen molar-refractivity contribution in [2.75, 3.05) is 13.1 Å². The maximum absolute atomic E-state index is 6.57. The van der Waals surface area contributed by atoms with Crippen LogP contribution in [0.5, 0.6) is 0 Å². The van der Waals surface area contributed by atoms with E-state index in [-0.39, 0.29) is 5.54 Å². The second-order valence-corrected chi connectivity index (χ2v) is 6.93. The lowest BCUT2D eigenvalue weighted by atomic mass is 9.89. The van der Waals surface area contributed by atoms with Crippen LogP contribution in [0.1, 0.15) is 28.3 Å². The Morgan fingerprint density at radius 3 is 2.55 bits per heavy atom. The van der Waals surface area contributed by atoms with E-state index in [0.29, 0.717) is 0 Å². The van der Waals surface area contributed by atoms with Crippen LogP contribution in [0.15, 0.2) is 36.5 Å². The average Bonchev–Trinajstić information content (AvgIpc) is 2.90. The predicted octanol–water partition coefficient (Wildman–Crippen LogP) is 2.90.